The number of rotatable bonds is 8. The van der Waals surface area contributed by atoms with Crippen LogP contribution in [0.1, 0.15) is 25.8 Å². The van der Waals surface area contributed by atoms with Crippen LogP contribution in [0.3, 0.4) is 0 Å². The highest BCUT2D eigenvalue weighted by atomic mass is 16.5. The van der Waals surface area contributed by atoms with Crippen LogP contribution in [0.15, 0.2) is 18.2 Å². The van der Waals surface area contributed by atoms with Crippen molar-refractivity contribution in [2.24, 2.45) is 5.92 Å². The zero-order valence-electron chi connectivity index (χ0n) is 16.6. The van der Waals surface area contributed by atoms with Gasteiger partial charge in [0.2, 0.25) is 11.8 Å². The van der Waals surface area contributed by atoms with Gasteiger partial charge in [-0.25, -0.2) is 0 Å². The Bertz CT molecular complexity index is 641. The van der Waals surface area contributed by atoms with Gasteiger partial charge in [-0.05, 0) is 30.0 Å². The summed E-state index contributed by atoms with van der Waals surface area (Å²) in [4.78, 5) is 27.2. The topological polar surface area (TPSA) is 77.1 Å². The summed E-state index contributed by atoms with van der Waals surface area (Å²) in [6, 6.07) is 4.85. The van der Waals surface area contributed by atoms with Crippen LogP contribution >= 0.6 is 0 Å². The van der Waals surface area contributed by atoms with E-state index in [1.165, 1.54) is 0 Å². The van der Waals surface area contributed by atoms with Crippen molar-refractivity contribution in [3.05, 3.63) is 23.8 Å². The van der Waals surface area contributed by atoms with Crippen molar-refractivity contribution in [2.75, 3.05) is 40.5 Å². The maximum absolute atomic E-state index is 12.8. The Balaban J connectivity index is 2.03. The first-order valence-electron chi connectivity index (χ1n) is 9.31. The van der Waals surface area contributed by atoms with Gasteiger partial charge in [-0.15, -0.1) is 0 Å². The molecule has 1 aromatic carbocycles. The summed E-state index contributed by atoms with van der Waals surface area (Å²) in [6.45, 7) is 6.30. The molecule has 1 atom stereocenters. The number of benzene rings is 1. The quantitative estimate of drug-likeness (QED) is 0.744. The maximum Gasteiger partial charge on any atom is 0.245 e. The van der Waals surface area contributed by atoms with Crippen LogP contribution in [-0.4, -0.2) is 63.3 Å². The summed E-state index contributed by atoms with van der Waals surface area (Å²) in [6.07, 6.45) is 0.777. The van der Waals surface area contributed by atoms with Gasteiger partial charge in [0.15, 0.2) is 11.5 Å². The Morgan fingerprint density at radius 2 is 1.81 bits per heavy atom. The molecule has 1 aromatic rings. The molecule has 2 rings (SSSR count). The van der Waals surface area contributed by atoms with Crippen molar-refractivity contribution in [2.45, 2.75) is 32.7 Å². The highest BCUT2D eigenvalue weighted by molar-refractivity contribution is 5.88. The molecule has 7 heteroatoms. The molecule has 0 unspecified atom stereocenters. The molecule has 1 heterocycles. The Kier molecular flexibility index (Phi) is 7.91. The highest BCUT2D eigenvalue weighted by Crippen LogP contribution is 2.27. The summed E-state index contributed by atoms with van der Waals surface area (Å²) in [5.41, 5.74) is 0.798. The second-order valence-corrected chi connectivity index (χ2v) is 7.05. The molecule has 150 valence electrons. The zero-order chi connectivity index (χ0) is 19.8. The third-order valence-electron chi connectivity index (χ3n) is 4.48. The van der Waals surface area contributed by atoms with Crippen LogP contribution in [0.25, 0.3) is 0 Å². The molecule has 0 bridgehead atoms. The van der Waals surface area contributed by atoms with E-state index in [1.807, 2.05) is 19.9 Å². The standard InChI is InChI=1S/C20H30N2O5/c1-14(2)11-16(20(24)22-7-9-27-10-8-22)21-19(23)13-15-5-6-17(25-3)18(12-15)26-4/h5-6,12,14,16H,7-11,13H2,1-4H3,(H,21,23)/t16-/m0/s1. The molecular formula is C20H30N2O5. The number of nitrogens with zero attached hydrogens (tertiary/aromatic N) is 1. The van der Waals surface area contributed by atoms with Crippen LogP contribution in [0.4, 0.5) is 0 Å². The van der Waals surface area contributed by atoms with Gasteiger partial charge in [0.25, 0.3) is 0 Å². The predicted octanol–water partition coefficient (Wildman–Crippen LogP) is 1.64. The van der Waals surface area contributed by atoms with Crippen molar-refractivity contribution in [1.29, 1.82) is 0 Å². The molecule has 0 saturated carbocycles. The lowest BCUT2D eigenvalue weighted by Crippen LogP contribution is -2.52. The Morgan fingerprint density at radius 1 is 1.15 bits per heavy atom. The van der Waals surface area contributed by atoms with E-state index in [-0.39, 0.29) is 18.2 Å². The van der Waals surface area contributed by atoms with Gasteiger partial charge in [-0.2, -0.15) is 0 Å². The number of carbonyl (C=O) groups is 2. The number of carbonyl (C=O) groups excluding carboxylic acids is 2. The van der Waals surface area contributed by atoms with Crippen molar-refractivity contribution in [3.8, 4) is 11.5 Å². The van der Waals surface area contributed by atoms with E-state index in [1.54, 1.807) is 31.3 Å². The van der Waals surface area contributed by atoms with Crippen LogP contribution in [0.5, 0.6) is 11.5 Å². The molecule has 0 aromatic heterocycles. The largest absolute Gasteiger partial charge is 0.493 e. The fraction of sp³-hybridized carbons (Fsp3) is 0.600. The molecule has 1 N–H and O–H groups in total. The Labute approximate surface area is 161 Å². The van der Waals surface area contributed by atoms with Crippen molar-refractivity contribution in [3.63, 3.8) is 0 Å². The molecule has 0 radical (unpaired) electrons. The first-order valence-corrected chi connectivity index (χ1v) is 9.31. The van der Waals surface area contributed by atoms with Crippen molar-refractivity contribution < 1.29 is 23.8 Å². The molecule has 1 saturated heterocycles. The lowest BCUT2D eigenvalue weighted by atomic mass is 10.0. The first-order chi connectivity index (χ1) is 12.9. The smallest absolute Gasteiger partial charge is 0.245 e. The van der Waals surface area contributed by atoms with E-state index in [9.17, 15) is 9.59 Å². The van der Waals surface area contributed by atoms with Gasteiger partial charge >= 0.3 is 0 Å². The fourth-order valence-electron chi connectivity index (χ4n) is 3.12. The number of ether oxygens (including phenoxy) is 3. The number of hydrogen-bond donors (Lipinski definition) is 1. The summed E-state index contributed by atoms with van der Waals surface area (Å²) in [5.74, 6) is 1.26. The van der Waals surface area contributed by atoms with E-state index < -0.39 is 6.04 Å². The van der Waals surface area contributed by atoms with E-state index >= 15 is 0 Å². The first kappa shape index (κ1) is 21.0. The Hall–Kier alpha value is -2.28. The average Bonchev–Trinajstić information content (AvgIpc) is 2.67. The third kappa shape index (κ3) is 6.13. The van der Waals surface area contributed by atoms with Gasteiger partial charge in [-0.3, -0.25) is 9.59 Å². The zero-order valence-corrected chi connectivity index (χ0v) is 16.6. The van der Waals surface area contributed by atoms with Gasteiger partial charge in [0.1, 0.15) is 6.04 Å². The number of amides is 2. The second kappa shape index (κ2) is 10.2. The van der Waals surface area contributed by atoms with E-state index in [2.05, 4.69) is 5.32 Å². The van der Waals surface area contributed by atoms with Crippen LogP contribution in [0, 0.1) is 5.92 Å². The lowest BCUT2D eigenvalue weighted by molar-refractivity contribution is -0.140. The molecule has 7 nitrogen and oxygen atoms in total. The van der Waals surface area contributed by atoms with Gasteiger partial charge < -0.3 is 24.4 Å². The SMILES string of the molecule is COc1ccc(CC(=O)N[C@@H](CC(C)C)C(=O)N2CCOCC2)cc1OC. The molecule has 0 aliphatic carbocycles. The fourth-order valence-corrected chi connectivity index (χ4v) is 3.12. The van der Waals surface area contributed by atoms with Gasteiger partial charge in [0.05, 0.1) is 33.9 Å². The molecule has 1 fully saturated rings. The van der Waals surface area contributed by atoms with E-state index in [4.69, 9.17) is 14.2 Å². The normalized spacial score (nSPS) is 15.4. The van der Waals surface area contributed by atoms with Crippen molar-refractivity contribution in [1.82, 2.24) is 10.2 Å². The minimum atomic E-state index is -0.518. The molecule has 1 aliphatic rings. The maximum atomic E-state index is 12.8. The summed E-state index contributed by atoms with van der Waals surface area (Å²) >= 11 is 0. The summed E-state index contributed by atoms with van der Waals surface area (Å²) in [7, 11) is 3.12. The number of methoxy groups -OCH3 is 2. The molecule has 1 aliphatic heterocycles. The third-order valence-corrected chi connectivity index (χ3v) is 4.48. The minimum absolute atomic E-state index is 0.0346. The van der Waals surface area contributed by atoms with Crippen LogP contribution < -0.4 is 14.8 Å². The molecule has 0 spiro atoms. The van der Waals surface area contributed by atoms with Gasteiger partial charge in [-0.1, -0.05) is 19.9 Å². The molecular weight excluding hydrogens is 348 g/mol. The molecule has 2 amide bonds. The van der Waals surface area contributed by atoms with Crippen LogP contribution in [-0.2, 0) is 20.7 Å². The summed E-state index contributed by atoms with van der Waals surface area (Å²) < 4.78 is 15.8. The van der Waals surface area contributed by atoms with E-state index in [0.29, 0.717) is 50.1 Å². The Morgan fingerprint density at radius 3 is 2.41 bits per heavy atom. The number of hydrogen-bond acceptors (Lipinski definition) is 5. The monoisotopic (exact) mass is 378 g/mol. The number of morpholine rings is 1. The number of nitrogens with one attached hydrogen (secondary N) is 1. The van der Waals surface area contributed by atoms with Gasteiger partial charge in [0, 0.05) is 13.1 Å². The van der Waals surface area contributed by atoms with Crippen molar-refractivity contribution >= 4 is 11.8 Å². The summed E-state index contributed by atoms with van der Waals surface area (Å²) in [5, 5.41) is 2.92. The second-order valence-electron chi connectivity index (χ2n) is 7.05. The average molecular weight is 378 g/mol. The lowest BCUT2D eigenvalue weighted by Gasteiger charge is -2.31. The molecule has 27 heavy (non-hydrogen) atoms. The van der Waals surface area contributed by atoms with Crippen LogP contribution in [0.2, 0.25) is 0 Å². The van der Waals surface area contributed by atoms with E-state index in [0.717, 1.165) is 5.56 Å². The minimum Gasteiger partial charge on any atom is -0.493 e. The highest BCUT2D eigenvalue weighted by Gasteiger charge is 2.27. The predicted molar refractivity (Wildman–Crippen MR) is 102 cm³/mol.